The molecule has 0 saturated carbocycles. The van der Waals surface area contributed by atoms with E-state index in [1.165, 1.54) is 54.6 Å². The molecule has 113 heavy (non-hydrogen) atoms. The van der Waals surface area contributed by atoms with Crippen LogP contribution in [0, 0.1) is 11.6 Å². The smallest absolute Gasteiger partial charge is 0.328 e. The number of carboxylic acids is 1. The van der Waals surface area contributed by atoms with Crippen LogP contribution >= 0.6 is 0 Å². The standard InChI is InChI=1S/C41H36FN9O5.C25H26FN7.C16H12N2O6/c42-27-5-1-4-26(23-27)31-7-3-17-49(31)36-14-13-34-43-24-33(51(34)46-36)30-6-2-8-35(44-30)47-18-20-48(21-19-47)38(53)16-10-25-9-11-28-29(22-25)41(56)50(40(28)55)32-12-15-37(52)45-39(32)54;26-19-5-1-4-18(16-19)21-7-3-13-32(21)25-10-9-23-28-17-22(33(23)30-25)20-6-2-8-24(29-20)31-14-11-27-12-15-31;19-12-5-4-11(14(22)17-12)18-15(23)9-3-1-8(2-6-13(20)21)7-10(9)16(18)24/h1-2,4-6,8-11,13-14,16,22-24,31-32H,3,7,12,15,17-21H2,(H,45,52,54);1-2,4-6,8-10,16-17,21,27H,3,7,11-15H2;1-3,6-7,11H,4-5H2,(H,20,21)(H,17,19,22)/b16-10+;;6-2+/t31-,32?;21-;/m11./s1. The molecule has 18 rings (SSSR count). The van der Waals surface area contributed by atoms with E-state index in [1.807, 2.05) is 77.4 Å². The number of carbonyl (C=O) groups excluding carboxylic acids is 9. The van der Waals surface area contributed by atoms with Crippen LogP contribution in [0.3, 0.4) is 0 Å². The fraction of sp³-hybridized carbons (Fsp3) is 0.268. The van der Waals surface area contributed by atoms with Gasteiger partial charge in [-0.3, -0.25) is 63.6 Å². The van der Waals surface area contributed by atoms with Gasteiger partial charge in [0.15, 0.2) is 11.3 Å². The first kappa shape index (κ1) is 73.6. The van der Waals surface area contributed by atoms with Crippen molar-refractivity contribution in [2.24, 2.45) is 0 Å². The predicted molar refractivity (Wildman–Crippen MR) is 410 cm³/mol. The van der Waals surface area contributed by atoms with Crippen LogP contribution in [-0.4, -0.2) is 196 Å². The van der Waals surface area contributed by atoms with Gasteiger partial charge in [-0.1, -0.05) is 48.5 Å². The molecule has 572 valence electrons. The summed E-state index contributed by atoms with van der Waals surface area (Å²) in [5.41, 5.74) is 8.15. The Morgan fingerprint density at radius 3 is 1.36 bits per heavy atom. The Morgan fingerprint density at radius 1 is 0.451 bits per heavy atom. The van der Waals surface area contributed by atoms with Gasteiger partial charge in [-0.05, 0) is 170 Å². The zero-order chi connectivity index (χ0) is 78.1. The fourth-order valence-electron chi connectivity index (χ4n) is 15.7. The van der Waals surface area contributed by atoms with Crippen LogP contribution < -0.4 is 35.6 Å². The Bertz CT molecular complexity index is 5600. The van der Waals surface area contributed by atoms with Gasteiger partial charge < -0.3 is 34.9 Å². The molecule has 14 heterocycles. The van der Waals surface area contributed by atoms with E-state index in [4.69, 9.17) is 25.3 Å². The van der Waals surface area contributed by atoms with Crippen molar-refractivity contribution < 1.29 is 61.8 Å². The Hall–Kier alpha value is -13.6. The second kappa shape index (κ2) is 31.4. The molecule has 10 aromatic rings. The molecule has 4 atom stereocenters. The number of amides is 9. The van der Waals surface area contributed by atoms with Crippen LogP contribution in [0.4, 0.5) is 32.1 Å². The summed E-state index contributed by atoms with van der Waals surface area (Å²) in [6.07, 6.45) is 13.0. The number of piperidine rings is 2. The number of nitrogens with one attached hydrogen (secondary N) is 3. The highest BCUT2D eigenvalue weighted by Gasteiger charge is 2.46. The maximum absolute atomic E-state index is 14.1. The number of hydrogen-bond donors (Lipinski definition) is 4. The number of rotatable bonds is 14. The number of aromatic nitrogens is 8. The molecule has 8 aliphatic heterocycles. The lowest BCUT2D eigenvalue weighted by molar-refractivity contribution is -0.137. The average molecular weight is 1530 g/mol. The quantitative estimate of drug-likeness (QED) is 0.0593. The first-order valence-corrected chi connectivity index (χ1v) is 37.3. The van der Waals surface area contributed by atoms with Gasteiger partial charge in [-0.2, -0.15) is 0 Å². The number of halogens is 2. The van der Waals surface area contributed by atoms with Gasteiger partial charge in [0, 0.05) is 90.4 Å². The molecule has 31 heteroatoms. The summed E-state index contributed by atoms with van der Waals surface area (Å²) in [6, 6.07) is 40.6. The molecule has 0 bridgehead atoms. The highest BCUT2D eigenvalue weighted by Crippen LogP contribution is 2.39. The number of imidazole rings is 2. The number of carbonyl (C=O) groups is 10. The van der Waals surface area contributed by atoms with Gasteiger partial charge >= 0.3 is 5.97 Å². The van der Waals surface area contributed by atoms with E-state index in [-0.39, 0.29) is 77.6 Å². The SMILES string of the molecule is Fc1cccc([C@H]2CCCN2c2ccc3ncc(-c4cccc(N5CCNCC5)n4)n3n2)c1.O=C(O)/C=C/c1ccc2c(c1)C(=O)N(C1CCC(=O)NC1=O)C2=O.O=C1CCC(N2C(=O)c3ccc(/C=C/C(=O)N4CCN(c5cccc(-c6cnc7ccc(N8CCC[C@@H]8c8cccc(F)c8)nn67)n5)CC4)cc3C2=O)C(=O)N1. The van der Waals surface area contributed by atoms with E-state index in [0.717, 1.165) is 138 Å². The Balaban J connectivity index is 0.000000142. The third-order valence-electron chi connectivity index (χ3n) is 21.4. The third kappa shape index (κ3) is 15.1. The maximum Gasteiger partial charge on any atom is 0.328 e. The van der Waals surface area contributed by atoms with Crippen molar-refractivity contribution in [3.8, 4) is 22.8 Å². The number of benzene rings is 4. The van der Waals surface area contributed by atoms with Gasteiger partial charge in [0.25, 0.3) is 23.6 Å². The number of imide groups is 4. The molecular weight excluding hydrogens is 1450 g/mol. The van der Waals surface area contributed by atoms with Crippen LogP contribution in [-0.2, 0) is 28.8 Å². The topological polar surface area (TPSA) is 336 Å². The Labute approximate surface area is 644 Å². The summed E-state index contributed by atoms with van der Waals surface area (Å²) in [4.78, 5) is 154. The van der Waals surface area contributed by atoms with Crippen LogP contribution in [0.15, 0.2) is 170 Å². The molecular formula is C82H74F2N18O11. The zero-order valence-electron chi connectivity index (χ0n) is 60.9. The van der Waals surface area contributed by atoms with Crippen LogP contribution in [0.25, 0.3) is 46.2 Å². The predicted octanol–water partition coefficient (Wildman–Crippen LogP) is 7.90. The number of pyridine rings is 2. The molecule has 4 aromatic carbocycles. The minimum atomic E-state index is -1.14. The van der Waals surface area contributed by atoms with Crippen molar-refractivity contribution in [1.82, 2.24) is 69.8 Å². The van der Waals surface area contributed by atoms with Crippen LogP contribution in [0.1, 0.15) is 127 Å². The first-order valence-electron chi connectivity index (χ1n) is 37.3. The van der Waals surface area contributed by atoms with E-state index in [2.05, 4.69) is 51.6 Å². The summed E-state index contributed by atoms with van der Waals surface area (Å²) in [7, 11) is 0. The monoisotopic (exact) mass is 1520 g/mol. The van der Waals surface area contributed by atoms with E-state index in [0.29, 0.717) is 48.6 Å². The first-order chi connectivity index (χ1) is 54.9. The molecule has 0 radical (unpaired) electrons. The van der Waals surface area contributed by atoms with Crippen molar-refractivity contribution in [1.29, 1.82) is 0 Å². The number of anilines is 4. The molecule has 6 saturated heterocycles. The lowest BCUT2D eigenvalue weighted by atomic mass is 10.0. The van der Waals surface area contributed by atoms with Gasteiger partial charge in [0.2, 0.25) is 29.5 Å². The molecule has 9 amide bonds. The number of aliphatic carboxylic acids is 1. The lowest BCUT2D eigenvalue weighted by Crippen LogP contribution is -2.54. The van der Waals surface area contributed by atoms with E-state index in [9.17, 15) is 56.7 Å². The van der Waals surface area contributed by atoms with Crippen molar-refractivity contribution in [3.05, 3.63) is 226 Å². The number of nitrogens with zero attached hydrogens (tertiary/aromatic N) is 15. The second-order valence-corrected chi connectivity index (χ2v) is 28.3. The lowest BCUT2D eigenvalue weighted by Gasteiger charge is -2.35. The van der Waals surface area contributed by atoms with Crippen molar-refractivity contribution in [2.75, 3.05) is 85.0 Å². The maximum atomic E-state index is 14.1. The number of fused-ring (bicyclic) bond motifs is 4. The minimum absolute atomic E-state index is 0.0294. The molecule has 6 fully saturated rings. The van der Waals surface area contributed by atoms with Crippen molar-refractivity contribution in [3.63, 3.8) is 0 Å². The summed E-state index contributed by atoms with van der Waals surface area (Å²) < 4.78 is 31.6. The molecule has 2 unspecified atom stereocenters. The summed E-state index contributed by atoms with van der Waals surface area (Å²) in [6.45, 7) is 7.59. The Kier molecular flexibility index (Phi) is 20.5. The van der Waals surface area contributed by atoms with E-state index < -0.39 is 65.3 Å². The highest BCUT2D eigenvalue weighted by atomic mass is 19.1. The average Bonchev–Trinajstić information content (AvgIpc) is 1.62. The van der Waals surface area contributed by atoms with Crippen LogP contribution in [0.5, 0.6) is 0 Å². The minimum Gasteiger partial charge on any atom is -0.478 e. The van der Waals surface area contributed by atoms with Crippen LogP contribution in [0.2, 0.25) is 0 Å². The molecule has 29 nitrogen and oxygen atoms in total. The fourth-order valence-corrected chi connectivity index (χ4v) is 15.7. The summed E-state index contributed by atoms with van der Waals surface area (Å²) in [5, 5.41) is 26.3. The van der Waals surface area contributed by atoms with E-state index >= 15 is 0 Å². The largest absolute Gasteiger partial charge is 0.478 e. The molecule has 8 aliphatic rings. The molecule has 4 N–H and O–H groups in total. The molecule has 6 aromatic heterocycles. The normalized spacial score (nSPS) is 19.8. The highest BCUT2D eigenvalue weighted by molar-refractivity contribution is 6.25. The zero-order valence-corrected chi connectivity index (χ0v) is 60.9. The van der Waals surface area contributed by atoms with Crippen molar-refractivity contribution in [2.45, 2.75) is 75.5 Å². The third-order valence-corrected chi connectivity index (χ3v) is 21.4. The number of hydrogen-bond acceptors (Lipinski definition) is 21. The van der Waals surface area contributed by atoms with Gasteiger partial charge in [-0.25, -0.2) is 42.5 Å². The summed E-state index contributed by atoms with van der Waals surface area (Å²) >= 11 is 0. The van der Waals surface area contributed by atoms with Gasteiger partial charge in [0.1, 0.15) is 58.4 Å². The number of piperazine rings is 2. The van der Waals surface area contributed by atoms with E-state index in [1.54, 1.807) is 52.0 Å². The van der Waals surface area contributed by atoms with Crippen molar-refractivity contribution >= 4 is 106 Å². The Morgan fingerprint density at radius 2 is 0.903 bits per heavy atom. The molecule has 0 spiro atoms. The molecule has 0 aliphatic carbocycles. The second-order valence-electron chi connectivity index (χ2n) is 28.3. The van der Waals surface area contributed by atoms with Gasteiger partial charge in [-0.15, -0.1) is 10.2 Å². The number of carboxylic acid groups (broad SMARTS) is 1. The van der Waals surface area contributed by atoms with Gasteiger partial charge in [0.05, 0.1) is 58.1 Å². The summed E-state index contributed by atoms with van der Waals surface area (Å²) in [5.74, 6) is -3.00.